The van der Waals surface area contributed by atoms with Gasteiger partial charge in [0, 0.05) is 25.7 Å². The predicted molar refractivity (Wildman–Crippen MR) is 177 cm³/mol. The molecule has 0 heterocycles. The standard InChI is InChI=1S/C34H66NO9P/c1-5-6-7-8-9-10-11-12-13-14-15-18-21-24-33(37)41-29-26-32(31-43-45(39,40)42-30-27-35(2,3)4)44-34(38)25-22-19-16-17-20-23-28-36/h28,32H,5-27,29-31H2,1-4H3. The Kier molecular flexibility index (Phi) is 28.0. The van der Waals surface area contributed by atoms with E-state index in [0.717, 1.165) is 51.2 Å². The van der Waals surface area contributed by atoms with Crippen LogP contribution in [0.3, 0.4) is 0 Å². The van der Waals surface area contributed by atoms with Crippen molar-refractivity contribution in [3.8, 4) is 0 Å². The fourth-order valence-electron chi connectivity index (χ4n) is 4.75. The van der Waals surface area contributed by atoms with E-state index in [1.807, 2.05) is 21.1 Å². The van der Waals surface area contributed by atoms with Gasteiger partial charge in [-0.1, -0.05) is 103 Å². The first-order valence-electron chi connectivity index (χ1n) is 17.7. The number of ether oxygens (including phenoxy) is 2. The Hall–Kier alpha value is -1.32. The number of hydrogen-bond donors (Lipinski definition) is 0. The summed E-state index contributed by atoms with van der Waals surface area (Å²) in [6, 6.07) is 0. The molecule has 0 spiro atoms. The average Bonchev–Trinajstić information content (AvgIpc) is 2.97. The summed E-state index contributed by atoms with van der Waals surface area (Å²) in [4.78, 5) is 47.3. The van der Waals surface area contributed by atoms with Crippen LogP contribution in [-0.2, 0) is 37.5 Å². The monoisotopic (exact) mass is 663 g/mol. The van der Waals surface area contributed by atoms with Crippen molar-refractivity contribution in [2.24, 2.45) is 0 Å². The number of aldehydes is 1. The number of carbonyl (C=O) groups is 3. The van der Waals surface area contributed by atoms with Crippen LogP contribution >= 0.6 is 7.82 Å². The Morgan fingerprint density at radius 2 is 1.20 bits per heavy atom. The number of unbranched alkanes of at least 4 members (excludes halogenated alkanes) is 17. The van der Waals surface area contributed by atoms with Gasteiger partial charge in [-0.15, -0.1) is 0 Å². The predicted octanol–water partition coefficient (Wildman–Crippen LogP) is 7.45. The molecule has 0 rings (SSSR count). The summed E-state index contributed by atoms with van der Waals surface area (Å²) in [7, 11) is 1.16. The van der Waals surface area contributed by atoms with Gasteiger partial charge in [-0.3, -0.25) is 14.2 Å². The number of phosphoric ester groups is 1. The van der Waals surface area contributed by atoms with Crippen molar-refractivity contribution in [2.75, 3.05) is 47.5 Å². The molecule has 0 aromatic heterocycles. The van der Waals surface area contributed by atoms with Crippen LogP contribution < -0.4 is 4.89 Å². The molecule has 0 aliphatic rings. The lowest BCUT2D eigenvalue weighted by atomic mass is 10.0. The molecule has 2 unspecified atom stereocenters. The highest BCUT2D eigenvalue weighted by molar-refractivity contribution is 7.45. The van der Waals surface area contributed by atoms with E-state index < -0.39 is 26.5 Å². The Morgan fingerprint density at radius 3 is 1.71 bits per heavy atom. The van der Waals surface area contributed by atoms with E-state index in [1.165, 1.54) is 64.2 Å². The Labute approximate surface area is 274 Å². The zero-order valence-electron chi connectivity index (χ0n) is 29.1. The third-order valence-electron chi connectivity index (χ3n) is 7.62. The second-order valence-electron chi connectivity index (χ2n) is 13.2. The van der Waals surface area contributed by atoms with Crippen LogP contribution in [0.2, 0.25) is 0 Å². The lowest BCUT2D eigenvalue weighted by Crippen LogP contribution is -2.37. The Bertz CT molecular complexity index is 788. The molecular weight excluding hydrogens is 597 g/mol. The van der Waals surface area contributed by atoms with Gasteiger partial charge in [-0.2, -0.15) is 0 Å². The highest BCUT2D eigenvalue weighted by Crippen LogP contribution is 2.38. The van der Waals surface area contributed by atoms with Crippen LogP contribution in [0, 0.1) is 0 Å². The quantitative estimate of drug-likeness (QED) is 0.0231. The highest BCUT2D eigenvalue weighted by Gasteiger charge is 2.20. The zero-order valence-corrected chi connectivity index (χ0v) is 30.0. The molecule has 0 N–H and O–H groups in total. The molecule has 11 heteroatoms. The summed E-state index contributed by atoms with van der Waals surface area (Å²) in [6.45, 7) is 2.28. The minimum absolute atomic E-state index is 0.000830. The molecule has 266 valence electrons. The van der Waals surface area contributed by atoms with Gasteiger partial charge >= 0.3 is 11.9 Å². The van der Waals surface area contributed by atoms with E-state index in [0.29, 0.717) is 30.3 Å². The van der Waals surface area contributed by atoms with E-state index >= 15 is 0 Å². The van der Waals surface area contributed by atoms with E-state index in [1.54, 1.807) is 0 Å². The summed E-state index contributed by atoms with van der Waals surface area (Å²) in [5, 5.41) is 0. The Morgan fingerprint density at radius 1 is 0.711 bits per heavy atom. The SMILES string of the molecule is CCCCCCCCCCCCCCCC(=O)OCCC(COP(=O)([O-])OCC[N+](C)(C)C)OC(=O)CCCCCCCC=O. The number of nitrogens with zero attached hydrogens (tertiary/aromatic N) is 1. The molecule has 0 bridgehead atoms. The molecule has 0 aromatic rings. The third-order valence-corrected chi connectivity index (χ3v) is 8.58. The van der Waals surface area contributed by atoms with Gasteiger partial charge in [-0.25, -0.2) is 0 Å². The molecule has 0 aliphatic carbocycles. The smallest absolute Gasteiger partial charge is 0.306 e. The molecule has 0 aromatic carbocycles. The molecule has 0 saturated heterocycles. The topological polar surface area (TPSA) is 128 Å². The van der Waals surface area contributed by atoms with Crippen LogP contribution in [0.4, 0.5) is 0 Å². The zero-order chi connectivity index (χ0) is 33.7. The number of likely N-dealkylation sites (N-methyl/N-ethyl adjacent to an activating group) is 1. The van der Waals surface area contributed by atoms with Gasteiger partial charge < -0.3 is 32.7 Å². The van der Waals surface area contributed by atoms with Crippen molar-refractivity contribution >= 4 is 26.0 Å². The van der Waals surface area contributed by atoms with E-state index in [-0.39, 0.29) is 32.0 Å². The van der Waals surface area contributed by atoms with Crippen molar-refractivity contribution in [3.05, 3.63) is 0 Å². The molecule has 45 heavy (non-hydrogen) atoms. The maximum Gasteiger partial charge on any atom is 0.306 e. The molecular formula is C34H66NO9P. The highest BCUT2D eigenvalue weighted by atomic mass is 31.2. The number of rotatable bonds is 33. The number of carbonyl (C=O) groups excluding carboxylic acids is 3. The normalized spacial score (nSPS) is 13.7. The van der Waals surface area contributed by atoms with E-state index in [9.17, 15) is 23.8 Å². The van der Waals surface area contributed by atoms with Crippen LogP contribution in [-0.4, -0.2) is 76.3 Å². The number of esters is 2. The molecule has 0 amide bonds. The van der Waals surface area contributed by atoms with Crippen LogP contribution in [0.15, 0.2) is 0 Å². The third kappa shape index (κ3) is 32.4. The molecule has 0 fully saturated rings. The second kappa shape index (κ2) is 28.9. The first-order valence-corrected chi connectivity index (χ1v) is 19.1. The number of phosphoric acid groups is 1. The van der Waals surface area contributed by atoms with Crippen molar-refractivity contribution in [3.63, 3.8) is 0 Å². The van der Waals surface area contributed by atoms with Gasteiger partial charge in [0.2, 0.25) is 0 Å². The van der Waals surface area contributed by atoms with E-state index in [4.69, 9.17) is 18.5 Å². The maximum absolute atomic E-state index is 12.4. The van der Waals surface area contributed by atoms with Crippen molar-refractivity contribution < 1.29 is 46.8 Å². The summed E-state index contributed by atoms with van der Waals surface area (Å²) < 4.78 is 33.6. The van der Waals surface area contributed by atoms with Crippen LogP contribution in [0.1, 0.15) is 148 Å². The minimum Gasteiger partial charge on any atom is -0.756 e. The van der Waals surface area contributed by atoms with E-state index in [2.05, 4.69) is 6.92 Å². The largest absolute Gasteiger partial charge is 0.756 e. The molecule has 0 saturated carbocycles. The van der Waals surface area contributed by atoms with Gasteiger partial charge in [-0.05, 0) is 19.3 Å². The molecule has 2 atom stereocenters. The lowest BCUT2D eigenvalue weighted by molar-refractivity contribution is -0.870. The summed E-state index contributed by atoms with van der Waals surface area (Å²) >= 11 is 0. The lowest BCUT2D eigenvalue weighted by Gasteiger charge is -2.28. The van der Waals surface area contributed by atoms with Crippen LogP contribution in [0.25, 0.3) is 0 Å². The summed E-state index contributed by atoms with van der Waals surface area (Å²) in [6.07, 6.45) is 21.4. The van der Waals surface area contributed by atoms with Crippen molar-refractivity contribution in [2.45, 2.75) is 154 Å². The number of hydrogen-bond acceptors (Lipinski definition) is 9. The van der Waals surface area contributed by atoms with Crippen LogP contribution in [0.5, 0.6) is 0 Å². The number of quaternary nitrogens is 1. The maximum atomic E-state index is 12.4. The van der Waals surface area contributed by atoms with Gasteiger partial charge in [0.15, 0.2) is 0 Å². The van der Waals surface area contributed by atoms with Gasteiger partial charge in [0.1, 0.15) is 25.5 Å². The first-order chi connectivity index (χ1) is 21.5. The van der Waals surface area contributed by atoms with Crippen molar-refractivity contribution in [1.29, 1.82) is 0 Å². The summed E-state index contributed by atoms with van der Waals surface area (Å²) in [5.74, 6) is -0.766. The Balaban J connectivity index is 4.35. The average molecular weight is 664 g/mol. The second-order valence-corrected chi connectivity index (χ2v) is 14.6. The van der Waals surface area contributed by atoms with Crippen molar-refractivity contribution in [1.82, 2.24) is 0 Å². The van der Waals surface area contributed by atoms with Gasteiger partial charge in [0.25, 0.3) is 7.82 Å². The fraction of sp³-hybridized carbons (Fsp3) is 0.912. The molecule has 0 aliphatic heterocycles. The summed E-state index contributed by atoms with van der Waals surface area (Å²) in [5.41, 5.74) is 0. The fourth-order valence-corrected chi connectivity index (χ4v) is 5.48. The molecule has 0 radical (unpaired) electrons. The van der Waals surface area contributed by atoms with Gasteiger partial charge in [0.05, 0.1) is 34.4 Å². The first kappa shape index (κ1) is 43.7. The minimum atomic E-state index is -4.59. The molecule has 10 nitrogen and oxygen atoms in total.